The van der Waals surface area contributed by atoms with Crippen LogP contribution in [0.1, 0.15) is 35.8 Å². The molecule has 1 N–H and O–H groups in total. The lowest BCUT2D eigenvalue weighted by Gasteiger charge is -2.18. The van der Waals surface area contributed by atoms with Crippen molar-refractivity contribution >= 4 is 11.9 Å². The maximum Gasteiger partial charge on any atom is 0.339 e. The van der Waals surface area contributed by atoms with Gasteiger partial charge < -0.3 is 19.5 Å². The minimum absolute atomic E-state index is 0.105. The van der Waals surface area contributed by atoms with Crippen molar-refractivity contribution in [2.75, 3.05) is 6.79 Å². The topological polar surface area (TPSA) is 73.9 Å². The molecule has 0 aromatic heterocycles. The number of hydrogen-bond donors (Lipinski definition) is 1. The summed E-state index contributed by atoms with van der Waals surface area (Å²) in [6.07, 6.45) is -0.990. The van der Waals surface area contributed by atoms with Gasteiger partial charge in [-0.2, -0.15) is 0 Å². The van der Waals surface area contributed by atoms with Crippen LogP contribution in [-0.2, 0) is 9.53 Å². The molecule has 1 aliphatic rings. The van der Waals surface area contributed by atoms with Gasteiger partial charge >= 0.3 is 5.97 Å². The Labute approximate surface area is 149 Å². The zero-order valence-corrected chi connectivity index (χ0v) is 14.3. The molecule has 2 atom stereocenters. The van der Waals surface area contributed by atoms with Crippen molar-refractivity contribution in [1.82, 2.24) is 5.32 Å². The summed E-state index contributed by atoms with van der Waals surface area (Å²) in [6.45, 7) is 3.35. The van der Waals surface area contributed by atoms with Gasteiger partial charge in [0.15, 0.2) is 17.6 Å². The summed E-state index contributed by atoms with van der Waals surface area (Å²) in [7, 11) is 0. The average Bonchev–Trinajstić information content (AvgIpc) is 3.09. The van der Waals surface area contributed by atoms with Crippen LogP contribution in [0, 0.1) is 5.82 Å². The van der Waals surface area contributed by atoms with E-state index in [1.807, 2.05) is 0 Å². The van der Waals surface area contributed by atoms with Gasteiger partial charge in [0.05, 0.1) is 11.6 Å². The second-order valence-electron chi connectivity index (χ2n) is 5.90. The molecule has 0 spiro atoms. The number of fused-ring (bicyclic) bond motifs is 1. The van der Waals surface area contributed by atoms with Crippen molar-refractivity contribution < 1.29 is 28.2 Å². The van der Waals surface area contributed by atoms with Gasteiger partial charge in [-0.25, -0.2) is 9.18 Å². The summed E-state index contributed by atoms with van der Waals surface area (Å²) in [5.74, 6) is -0.420. The van der Waals surface area contributed by atoms with Crippen molar-refractivity contribution in [2.45, 2.75) is 26.0 Å². The summed E-state index contributed by atoms with van der Waals surface area (Å²) in [4.78, 5) is 24.5. The molecule has 0 radical (unpaired) electrons. The van der Waals surface area contributed by atoms with Crippen molar-refractivity contribution in [3.05, 3.63) is 59.4 Å². The van der Waals surface area contributed by atoms with E-state index in [0.29, 0.717) is 11.5 Å². The Bertz CT molecular complexity index is 821. The SMILES string of the molecule is C[C@@H](OC(=O)c1ccc2c(c1)OCO2)C(=O)N[C@H](C)c1ccc(F)cc1. The predicted molar refractivity (Wildman–Crippen MR) is 90.4 cm³/mol. The van der Waals surface area contributed by atoms with Gasteiger partial charge in [-0.3, -0.25) is 4.79 Å². The lowest BCUT2D eigenvalue weighted by Crippen LogP contribution is -2.37. The third kappa shape index (κ3) is 3.93. The highest BCUT2D eigenvalue weighted by atomic mass is 19.1. The molecule has 0 aliphatic carbocycles. The van der Waals surface area contributed by atoms with Crippen LogP contribution in [0.3, 0.4) is 0 Å². The maximum absolute atomic E-state index is 13.0. The zero-order chi connectivity index (χ0) is 18.7. The van der Waals surface area contributed by atoms with Crippen LogP contribution >= 0.6 is 0 Å². The molecule has 7 heteroatoms. The Hall–Kier alpha value is -3.09. The summed E-state index contributed by atoms with van der Waals surface area (Å²) >= 11 is 0. The molecule has 2 aromatic carbocycles. The molecule has 136 valence electrons. The van der Waals surface area contributed by atoms with Crippen LogP contribution in [0.4, 0.5) is 4.39 Å². The van der Waals surface area contributed by atoms with E-state index in [0.717, 1.165) is 5.56 Å². The van der Waals surface area contributed by atoms with E-state index in [2.05, 4.69) is 5.32 Å². The Morgan fingerprint density at radius 2 is 1.77 bits per heavy atom. The number of benzene rings is 2. The van der Waals surface area contributed by atoms with Gasteiger partial charge in [0.25, 0.3) is 5.91 Å². The first-order valence-electron chi connectivity index (χ1n) is 8.10. The molecule has 0 fully saturated rings. The van der Waals surface area contributed by atoms with Gasteiger partial charge in [0, 0.05) is 0 Å². The minimum Gasteiger partial charge on any atom is -0.454 e. The number of esters is 1. The van der Waals surface area contributed by atoms with E-state index in [1.54, 1.807) is 31.2 Å². The summed E-state index contributed by atoms with van der Waals surface area (Å²) < 4.78 is 28.6. The van der Waals surface area contributed by atoms with E-state index in [9.17, 15) is 14.0 Å². The van der Waals surface area contributed by atoms with E-state index < -0.39 is 18.0 Å². The third-order valence-corrected chi connectivity index (χ3v) is 3.99. The lowest BCUT2D eigenvalue weighted by atomic mass is 10.1. The first-order chi connectivity index (χ1) is 12.4. The largest absolute Gasteiger partial charge is 0.454 e. The Morgan fingerprint density at radius 1 is 1.08 bits per heavy atom. The summed E-state index contributed by atoms with van der Waals surface area (Å²) in [6, 6.07) is 10.1. The standard InChI is InChI=1S/C19H18FNO5/c1-11(13-3-6-15(20)7-4-13)21-18(22)12(2)26-19(23)14-5-8-16-17(9-14)25-10-24-16/h3-9,11-12H,10H2,1-2H3,(H,21,22)/t11-,12-/m1/s1. The smallest absolute Gasteiger partial charge is 0.339 e. The molecule has 0 saturated carbocycles. The maximum atomic E-state index is 13.0. The Kier molecular flexibility index (Phi) is 5.06. The minimum atomic E-state index is -0.990. The van der Waals surface area contributed by atoms with Gasteiger partial charge in [0.1, 0.15) is 5.82 Å². The predicted octanol–water partition coefficient (Wildman–Crippen LogP) is 2.98. The first kappa shape index (κ1) is 17.7. The second-order valence-corrected chi connectivity index (χ2v) is 5.90. The van der Waals surface area contributed by atoms with Crippen molar-refractivity contribution in [2.24, 2.45) is 0 Å². The van der Waals surface area contributed by atoms with Gasteiger partial charge in [-0.15, -0.1) is 0 Å². The van der Waals surface area contributed by atoms with Gasteiger partial charge in [-0.1, -0.05) is 12.1 Å². The van der Waals surface area contributed by atoms with Crippen LogP contribution in [0.15, 0.2) is 42.5 Å². The molecular formula is C19H18FNO5. The molecule has 6 nitrogen and oxygen atoms in total. The molecule has 0 unspecified atom stereocenters. The van der Waals surface area contributed by atoms with Crippen molar-refractivity contribution in [1.29, 1.82) is 0 Å². The fourth-order valence-electron chi connectivity index (χ4n) is 2.47. The molecule has 3 rings (SSSR count). The lowest BCUT2D eigenvalue weighted by molar-refractivity contribution is -0.129. The van der Waals surface area contributed by atoms with Crippen LogP contribution in [0.2, 0.25) is 0 Å². The van der Waals surface area contributed by atoms with Gasteiger partial charge in [-0.05, 0) is 49.7 Å². The number of rotatable bonds is 5. The van der Waals surface area contributed by atoms with E-state index >= 15 is 0 Å². The van der Waals surface area contributed by atoms with Crippen molar-refractivity contribution in [3.8, 4) is 11.5 Å². The number of carbonyl (C=O) groups excluding carboxylic acids is 2. The molecule has 0 saturated heterocycles. The highest BCUT2D eigenvalue weighted by Gasteiger charge is 2.22. The molecular weight excluding hydrogens is 341 g/mol. The normalized spacial score (nSPS) is 14.4. The zero-order valence-electron chi connectivity index (χ0n) is 14.3. The Balaban J connectivity index is 1.58. The number of carbonyl (C=O) groups is 2. The van der Waals surface area contributed by atoms with Crippen molar-refractivity contribution in [3.63, 3.8) is 0 Å². The first-order valence-corrected chi connectivity index (χ1v) is 8.10. The number of hydrogen-bond acceptors (Lipinski definition) is 5. The number of amides is 1. The molecule has 0 bridgehead atoms. The van der Waals surface area contributed by atoms with Gasteiger partial charge in [0.2, 0.25) is 6.79 Å². The Morgan fingerprint density at radius 3 is 2.50 bits per heavy atom. The molecule has 26 heavy (non-hydrogen) atoms. The fraction of sp³-hybridized carbons (Fsp3) is 0.263. The van der Waals surface area contributed by atoms with Crippen LogP contribution < -0.4 is 14.8 Å². The molecule has 2 aromatic rings. The monoisotopic (exact) mass is 359 g/mol. The highest BCUT2D eigenvalue weighted by Crippen LogP contribution is 2.32. The van der Waals surface area contributed by atoms with Crippen LogP contribution in [0.25, 0.3) is 0 Å². The highest BCUT2D eigenvalue weighted by molar-refractivity contribution is 5.93. The molecule has 1 amide bonds. The quantitative estimate of drug-likeness (QED) is 0.831. The van der Waals surface area contributed by atoms with E-state index in [4.69, 9.17) is 14.2 Å². The average molecular weight is 359 g/mol. The number of nitrogens with one attached hydrogen (secondary N) is 1. The van der Waals surface area contributed by atoms with E-state index in [1.165, 1.54) is 25.1 Å². The molecule has 1 heterocycles. The summed E-state index contributed by atoms with van der Waals surface area (Å²) in [5.41, 5.74) is 1.01. The van der Waals surface area contributed by atoms with Crippen LogP contribution in [-0.4, -0.2) is 24.8 Å². The number of halogens is 1. The third-order valence-electron chi connectivity index (χ3n) is 3.99. The molecule has 1 aliphatic heterocycles. The number of ether oxygens (including phenoxy) is 3. The van der Waals surface area contributed by atoms with Crippen LogP contribution in [0.5, 0.6) is 11.5 Å². The fourth-order valence-corrected chi connectivity index (χ4v) is 2.47. The summed E-state index contributed by atoms with van der Waals surface area (Å²) in [5, 5.41) is 2.73. The van der Waals surface area contributed by atoms with E-state index in [-0.39, 0.29) is 24.2 Å². The second kappa shape index (κ2) is 7.43.